The first kappa shape index (κ1) is 19.4. The van der Waals surface area contributed by atoms with Crippen LogP contribution in [0.4, 0.5) is 5.95 Å². The van der Waals surface area contributed by atoms with E-state index < -0.39 is 0 Å². The van der Waals surface area contributed by atoms with E-state index in [9.17, 15) is 4.79 Å². The van der Waals surface area contributed by atoms with Gasteiger partial charge in [-0.1, -0.05) is 28.1 Å². The van der Waals surface area contributed by atoms with Gasteiger partial charge in [0.2, 0.25) is 11.9 Å². The molecule has 2 aromatic carbocycles. The fraction of sp³-hybridized carbons (Fsp3) is 0.211. The molecule has 3 rings (SSSR count). The molecule has 0 aliphatic heterocycles. The highest BCUT2D eigenvalue weighted by Gasteiger charge is 2.07. The second kappa shape index (κ2) is 9.57. The van der Waals surface area contributed by atoms with Gasteiger partial charge in [0.15, 0.2) is 0 Å². The summed E-state index contributed by atoms with van der Waals surface area (Å²) in [5.41, 5.74) is 1.11. The number of ether oxygens (including phenoxy) is 1. The monoisotopic (exact) mass is 446 g/mol. The second-order valence-electron chi connectivity index (χ2n) is 5.71. The summed E-state index contributed by atoms with van der Waals surface area (Å²) < 4.78 is 7.86. The molecule has 1 heterocycles. The Kier molecular flexibility index (Phi) is 6.89. The Bertz CT molecular complexity index is 881. The largest absolute Gasteiger partial charge is 0.497 e. The Morgan fingerprint density at radius 2 is 1.93 bits per heavy atom. The summed E-state index contributed by atoms with van der Waals surface area (Å²) in [5.74, 6) is 1.73. The van der Waals surface area contributed by atoms with E-state index in [1.54, 1.807) is 29.9 Å². The molecule has 0 aliphatic carbocycles. The fourth-order valence-corrected chi connectivity index (χ4v) is 3.44. The molecule has 0 fully saturated rings. The van der Waals surface area contributed by atoms with Gasteiger partial charge < -0.3 is 4.74 Å². The summed E-state index contributed by atoms with van der Waals surface area (Å²) in [6.45, 7) is 0.601. The van der Waals surface area contributed by atoms with E-state index in [2.05, 4.69) is 31.3 Å². The quantitative estimate of drug-likeness (QED) is 0.524. The zero-order valence-electron chi connectivity index (χ0n) is 14.8. The molecule has 0 saturated carbocycles. The standard InChI is InChI=1S/C19H19BrN4O2S/c1-26-16-6-8-17(9-7-16)27-11-10-18(25)22-19-21-13-24(23-19)12-14-2-4-15(20)5-3-14/h2-9,13H,10-12H2,1H3,(H,22,23,25). The lowest BCUT2D eigenvalue weighted by atomic mass is 10.2. The van der Waals surface area contributed by atoms with Gasteiger partial charge in [0.25, 0.3) is 0 Å². The van der Waals surface area contributed by atoms with Gasteiger partial charge in [-0.3, -0.25) is 10.1 Å². The molecule has 0 saturated heterocycles. The first-order valence-electron chi connectivity index (χ1n) is 8.33. The van der Waals surface area contributed by atoms with E-state index in [4.69, 9.17) is 4.74 Å². The van der Waals surface area contributed by atoms with Crippen LogP contribution in [0.25, 0.3) is 0 Å². The van der Waals surface area contributed by atoms with Gasteiger partial charge in [-0.2, -0.15) is 0 Å². The molecule has 0 unspecified atom stereocenters. The number of hydrogen-bond acceptors (Lipinski definition) is 5. The van der Waals surface area contributed by atoms with Crippen molar-refractivity contribution in [2.45, 2.75) is 17.9 Å². The van der Waals surface area contributed by atoms with Crippen LogP contribution in [0.3, 0.4) is 0 Å². The average molecular weight is 447 g/mol. The Morgan fingerprint density at radius 3 is 2.63 bits per heavy atom. The number of nitrogens with one attached hydrogen (secondary N) is 1. The molecule has 0 atom stereocenters. The summed E-state index contributed by atoms with van der Waals surface area (Å²) in [5, 5.41) is 7.03. The average Bonchev–Trinajstić information content (AvgIpc) is 3.11. The van der Waals surface area contributed by atoms with Crippen LogP contribution in [0.1, 0.15) is 12.0 Å². The topological polar surface area (TPSA) is 69.0 Å². The first-order chi connectivity index (χ1) is 13.1. The van der Waals surface area contributed by atoms with Crippen molar-refractivity contribution in [1.82, 2.24) is 14.8 Å². The van der Waals surface area contributed by atoms with E-state index in [1.165, 1.54) is 0 Å². The van der Waals surface area contributed by atoms with Crippen molar-refractivity contribution in [3.05, 3.63) is 64.9 Å². The molecular weight excluding hydrogens is 428 g/mol. The number of benzene rings is 2. The van der Waals surface area contributed by atoms with Crippen molar-refractivity contribution >= 4 is 39.5 Å². The van der Waals surface area contributed by atoms with Crippen LogP contribution in [0.5, 0.6) is 5.75 Å². The molecule has 6 nitrogen and oxygen atoms in total. The minimum atomic E-state index is -0.0996. The van der Waals surface area contributed by atoms with E-state index in [0.29, 0.717) is 24.7 Å². The van der Waals surface area contributed by atoms with Gasteiger partial charge in [-0.15, -0.1) is 16.9 Å². The zero-order valence-corrected chi connectivity index (χ0v) is 17.2. The van der Waals surface area contributed by atoms with Gasteiger partial charge in [0, 0.05) is 21.5 Å². The van der Waals surface area contributed by atoms with E-state index in [-0.39, 0.29) is 5.91 Å². The van der Waals surface area contributed by atoms with Gasteiger partial charge >= 0.3 is 0 Å². The number of nitrogens with zero attached hydrogens (tertiary/aromatic N) is 3. The lowest BCUT2D eigenvalue weighted by Crippen LogP contribution is -2.13. The minimum absolute atomic E-state index is 0.0996. The lowest BCUT2D eigenvalue weighted by molar-refractivity contribution is -0.115. The van der Waals surface area contributed by atoms with Crippen LogP contribution in [0, 0.1) is 0 Å². The van der Waals surface area contributed by atoms with E-state index in [0.717, 1.165) is 20.7 Å². The summed E-state index contributed by atoms with van der Waals surface area (Å²) in [6, 6.07) is 15.8. The fourth-order valence-electron chi connectivity index (χ4n) is 2.33. The smallest absolute Gasteiger partial charge is 0.248 e. The van der Waals surface area contributed by atoms with Gasteiger partial charge in [-0.25, -0.2) is 9.67 Å². The van der Waals surface area contributed by atoms with Crippen LogP contribution in [0.15, 0.2) is 64.2 Å². The number of thioether (sulfide) groups is 1. The van der Waals surface area contributed by atoms with Crippen molar-refractivity contribution in [2.75, 3.05) is 18.2 Å². The maximum Gasteiger partial charge on any atom is 0.248 e. The Morgan fingerprint density at radius 1 is 1.19 bits per heavy atom. The van der Waals surface area contributed by atoms with Crippen LogP contribution in [-0.2, 0) is 11.3 Å². The molecule has 3 aromatic rings. The van der Waals surface area contributed by atoms with Crippen molar-refractivity contribution in [2.24, 2.45) is 0 Å². The third kappa shape index (κ3) is 6.11. The number of halogens is 1. The first-order valence-corrected chi connectivity index (χ1v) is 10.1. The maximum absolute atomic E-state index is 12.1. The number of carbonyl (C=O) groups excluding carboxylic acids is 1. The molecule has 1 amide bonds. The van der Waals surface area contributed by atoms with Crippen LogP contribution >= 0.6 is 27.7 Å². The summed E-state index contributed by atoms with van der Waals surface area (Å²) in [4.78, 5) is 17.3. The van der Waals surface area contributed by atoms with Crippen molar-refractivity contribution in [1.29, 1.82) is 0 Å². The number of anilines is 1. The number of methoxy groups -OCH3 is 1. The molecule has 140 valence electrons. The number of aromatic nitrogens is 3. The molecule has 8 heteroatoms. The molecule has 1 N–H and O–H groups in total. The molecule has 0 aliphatic rings. The molecule has 0 radical (unpaired) electrons. The van der Waals surface area contributed by atoms with Crippen molar-refractivity contribution < 1.29 is 9.53 Å². The Balaban J connectivity index is 1.43. The SMILES string of the molecule is COc1ccc(SCCC(=O)Nc2ncn(Cc3ccc(Br)cc3)n2)cc1. The van der Waals surface area contributed by atoms with Gasteiger partial charge in [0.05, 0.1) is 13.7 Å². The summed E-state index contributed by atoms with van der Waals surface area (Å²) >= 11 is 5.03. The molecule has 0 spiro atoms. The van der Waals surface area contributed by atoms with Crippen LogP contribution in [-0.4, -0.2) is 33.5 Å². The molecule has 0 bridgehead atoms. The van der Waals surface area contributed by atoms with Gasteiger partial charge in [0.1, 0.15) is 12.1 Å². The number of amides is 1. The number of carbonyl (C=O) groups is 1. The van der Waals surface area contributed by atoms with Crippen molar-refractivity contribution in [3.8, 4) is 5.75 Å². The minimum Gasteiger partial charge on any atom is -0.497 e. The summed E-state index contributed by atoms with van der Waals surface area (Å²) in [7, 11) is 1.64. The Hall–Kier alpha value is -2.32. The zero-order chi connectivity index (χ0) is 19.1. The lowest BCUT2D eigenvalue weighted by Gasteiger charge is -2.04. The predicted molar refractivity (Wildman–Crippen MR) is 110 cm³/mol. The van der Waals surface area contributed by atoms with Crippen LogP contribution < -0.4 is 10.1 Å². The predicted octanol–water partition coefficient (Wildman–Crippen LogP) is 4.22. The maximum atomic E-state index is 12.1. The summed E-state index contributed by atoms with van der Waals surface area (Å²) in [6.07, 6.45) is 2.00. The molecule has 27 heavy (non-hydrogen) atoms. The molecule has 1 aromatic heterocycles. The van der Waals surface area contributed by atoms with E-state index >= 15 is 0 Å². The van der Waals surface area contributed by atoms with Crippen molar-refractivity contribution in [3.63, 3.8) is 0 Å². The number of hydrogen-bond donors (Lipinski definition) is 1. The van der Waals surface area contributed by atoms with Crippen LogP contribution in [0.2, 0.25) is 0 Å². The highest BCUT2D eigenvalue weighted by molar-refractivity contribution is 9.10. The third-order valence-electron chi connectivity index (χ3n) is 3.70. The highest BCUT2D eigenvalue weighted by atomic mass is 79.9. The van der Waals surface area contributed by atoms with E-state index in [1.807, 2.05) is 48.5 Å². The second-order valence-corrected chi connectivity index (χ2v) is 7.80. The number of rotatable bonds is 8. The molecular formula is C19H19BrN4O2S. The Labute approximate surface area is 170 Å². The van der Waals surface area contributed by atoms with Gasteiger partial charge in [-0.05, 0) is 42.0 Å². The third-order valence-corrected chi connectivity index (χ3v) is 5.25. The highest BCUT2D eigenvalue weighted by Crippen LogP contribution is 2.22. The normalized spacial score (nSPS) is 10.6.